The highest BCUT2D eigenvalue weighted by molar-refractivity contribution is 6.33. The van der Waals surface area contributed by atoms with Crippen molar-refractivity contribution in [2.24, 2.45) is 10.7 Å². The summed E-state index contributed by atoms with van der Waals surface area (Å²) in [5, 5.41) is 12.8. The van der Waals surface area contributed by atoms with Crippen LogP contribution in [0.1, 0.15) is 45.4 Å². The Balaban J connectivity index is 1.55. The minimum absolute atomic E-state index is 0.537. The lowest BCUT2D eigenvalue weighted by Crippen LogP contribution is -2.51. The van der Waals surface area contributed by atoms with E-state index >= 15 is 4.39 Å². The van der Waals surface area contributed by atoms with Crippen LogP contribution in [0.25, 0.3) is 22.6 Å². The number of fused-ring (bicyclic) bond motifs is 3. The number of aryl methyl sites for hydroxylation is 1. The number of aliphatic imine (C=N–C) groups is 1. The standard InChI is InChI=1S/C25H30ClFN8/c1-24(2,27)25(7-4-8-25)23-33-32-22-19-12-16(15-34(19)10-5-11-35(22)23)17-13-21(30-14-18(17)26)31-20(29-3)6-9-28/h6,9,12-15H,4-5,7-8,10-11,28H2,1-3H3,(H,29,30,31). The average Bonchev–Trinajstić information content (AvgIpc) is 3.34. The second-order valence-electron chi connectivity index (χ2n) is 9.71. The zero-order valence-electron chi connectivity index (χ0n) is 20.2. The molecular formula is C25H30ClFN8. The average molecular weight is 497 g/mol. The SMILES string of the molecule is CN=C(C=CN)Nc1cc(-c2cc3n(c2)CCCn2c-3nnc2C2(C(C)(C)F)CCC2)c(Cl)cn1. The number of rotatable bonds is 5. The van der Waals surface area contributed by atoms with Crippen LogP contribution < -0.4 is 11.1 Å². The van der Waals surface area contributed by atoms with Crippen molar-refractivity contribution in [2.45, 2.75) is 63.7 Å². The summed E-state index contributed by atoms with van der Waals surface area (Å²) in [6.45, 7) is 4.93. The summed E-state index contributed by atoms with van der Waals surface area (Å²) in [5.41, 5.74) is 6.30. The lowest BCUT2D eigenvalue weighted by atomic mass is 9.60. The Morgan fingerprint density at radius 1 is 1.26 bits per heavy atom. The van der Waals surface area contributed by atoms with E-state index in [1.807, 2.05) is 6.07 Å². The van der Waals surface area contributed by atoms with E-state index < -0.39 is 11.1 Å². The summed E-state index contributed by atoms with van der Waals surface area (Å²) in [7, 11) is 1.67. The Bertz CT molecular complexity index is 1310. The first-order chi connectivity index (χ1) is 16.8. The molecule has 1 saturated carbocycles. The largest absolute Gasteiger partial charge is 0.404 e. The molecule has 0 saturated heterocycles. The van der Waals surface area contributed by atoms with Crippen molar-refractivity contribution < 1.29 is 4.39 Å². The number of nitrogens with two attached hydrogens (primary N) is 1. The molecule has 4 heterocycles. The first kappa shape index (κ1) is 23.5. The third-order valence-electron chi connectivity index (χ3n) is 7.35. The third-order valence-corrected chi connectivity index (χ3v) is 7.65. The van der Waals surface area contributed by atoms with Crippen molar-refractivity contribution in [3.63, 3.8) is 0 Å². The van der Waals surface area contributed by atoms with Gasteiger partial charge >= 0.3 is 0 Å². The monoisotopic (exact) mass is 496 g/mol. The lowest BCUT2D eigenvalue weighted by molar-refractivity contribution is 0.0172. The van der Waals surface area contributed by atoms with Crippen LogP contribution in [0.4, 0.5) is 10.2 Å². The van der Waals surface area contributed by atoms with Crippen molar-refractivity contribution in [3.8, 4) is 22.6 Å². The normalized spacial score (nSPS) is 17.6. The van der Waals surface area contributed by atoms with Crippen LogP contribution in [0, 0.1) is 0 Å². The van der Waals surface area contributed by atoms with Crippen molar-refractivity contribution in [3.05, 3.63) is 47.6 Å². The van der Waals surface area contributed by atoms with Gasteiger partial charge in [0.2, 0.25) is 0 Å². The van der Waals surface area contributed by atoms with Crippen molar-refractivity contribution in [1.29, 1.82) is 0 Å². The number of alkyl halides is 1. The molecule has 3 aromatic rings. The number of hydrogen-bond donors (Lipinski definition) is 2. The molecule has 3 aromatic heterocycles. The number of pyridine rings is 1. The van der Waals surface area contributed by atoms with Gasteiger partial charge in [0, 0.05) is 43.7 Å². The summed E-state index contributed by atoms with van der Waals surface area (Å²) in [4.78, 5) is 8.52. The second kappa shape index (κ2) is 8.78. The smallest absolute Gasteiger partial charge is 0.180 e. The van der Waals surface area contributed by atoms with E-state index in [9.17, 15) is 0 Å². The summed E-state index contributed by atoms with van der Waals surface area (Å²) in [6, 6.07) is 3.96. The molecule has 0 spiro atoms. The van der Waals surface area contributed by atoms with Crippen LogP contribution in [-0.2, 0) is 18.5 Å². The molecule has 2 aliphatic rings. The van der Waals surface area contributed by atoms with Gasteiger partial charge in [-0.1, -0.05) is 18.0 Å². The molecule has 0 amide bonds. The predicted octanol–water partition coefficient (Wildman–Crippen LogP) is 4.95. The lowest BCUT2D eigenvalue weighted by Gasteiger charge is -2.47. The second-order valence-corrected chi connectivity index (χ2v) is 10.1. The van der Waals surface area contributed by atoms with Crippen molar-refractivity contribution in [2.75, 3.05) is 12.4 Å². The Labute approximate surface area is 209 Å². The fourth-order valence-electron chi connectivity index (χ4n) is 5.22. The fraction of sp³-hybridized carbons (Fsp3) is 0.440. The highest BCUT2D eigenvalue weighted by atomic mass is 35.5. The molecule has 10 heteroatoms. The zero-order valence-corrected chi connectivity index (χ0v) is 21.0. The number of halogens is 2. The van der Waals surface area contributed by atoms with E-state index in [-0.39, 0.29) is 0 Å². The van der Waals surface area contributed by atoms with Gasteiger partial charge in [0.1, 0.15) is 23.1 Å². The van der Waals surface area contributed by atoms with Gasteiger partial charge in [0.05, 0.1) is 16.1 Å². The molecule has 1 fully saturated rings. The fourth-order valence-corrected chi connectivity index (χ4v) is 5.44. The number of nitrogens with one attached hydrogen (secondary N) is 1. The molecular weight excluding hydrogens is 467 g/mol. The minimum Gasteiger partial charge on any atom is -0.404 e. The van der Waals surface area contributed by atoms with E-state index in [2.05, 4.69) is 46.9 Å². The van der Waals surface area contributed by atoms with E-state index in [4.69, 9.17) is 17.3 Å². The molecule has 0 unspecified atom stereocenters. The summed E-state index contributed by atoms with van der Waals surface area (Å²) < 4.78 is 19.7. The van der Waals surface area contributed by atoms with Gasteiger partial charge in [-0.3, -0.25) is 4.99 Å². The van der Waals surface area contributed by atoms with E-state index in [0.717, 1.165) is 67.2 Å². The molecule has 0 aromatic carbocycles. The molecule has 1 aliphatic heterocycles. The Kier molecular flexibility index (Phi) is 5.91. The molecule has 5 rings (SSSR count). The maximum Gasteiger partial charge on any atom is 0.180 e. The Morgan fingerprint density at radius 3 is 2.71 bits per heavy atom. The van der Waals surface area contributed by atoms with Crippen LogP contribution in [0.3, 0.4) is 0 Å². The van der Waals surface area contributed by atoms with Gasteiger partial charge in [0.15, 0.2) is 5.82 Å². The number of amidine groups is 1. The van der Waals surface area contributed by atoms with Gasteiger partial charge in [-0.15, -0.1) is 10.2 Å². The maximum absolute atomic E-state index is 15.4. The van der Waals surface area contributed by atoms with Gasteiger partial charge in [-0.25, -0.2) is 9.37 Å². The molecule has 1 aliphatic carbocycles. The van der Waals surface area contributed by atoms with Crippen molar-refractivity contribution >= 4 is 23.3 Å². The minimum atomic E-state index is -1.36. The quantitative estimate of drug-likeness (QED) is 0.384. The Hall–Kier alpha value is -3.20. The van der Waals surface area contributed by atoms with Crippen LogP contribution in [-0.4, -0.2) is 42.9 Å². The van der Waals surface area contributed by atoms with Crippen LogP contribution in [0.2, 0.25) is 5.02 Å². The van der Waals surface area contributed by atoms with E-state index in [1.165, 1.54) is 6.20 Å². The molecule has 0 bridgehead atoms. The predicted molar refractivity (Wildman–Crippen MR) is 137 cm³/mol. The number of aromatic nitrogens is 5. The van der Waals surface area contributed by atoms with Crippen molar-refractivity contribution in [1.82, 2.24) is 24.3 Å². The summed E-state index contributed by atoms with van der Waals surface area (Å²) >= 11 is 6.56. The molecule has 0 radical (unpaired) electrons. The number of hydrogen-bond acceptors (Lipinski definition) is 5. The molecule has 35 heavy (non-hydrogen) atoms. The molecule has 8 nitrogen and oxygen atoms in total. The molecule has 184 valence electrons. The van der Waals surface area contributed by atoms with Crippen LogP contribution >= 0.6 is 11.6 Å². The first-order valence-corrected chi connectivity index (χ1v) is 12.3. The molecule has 0 atom stereocenters. The maximum atomic E-state index is 15.4. The summed E-state index contributed by atoms with van der Waals surface area (Å²) in [6.07, 6.45) is 10.3. The highest BCUT2D eigenvalue weighted by Gasteiger charge is 2.55. The topological polar surface area (TPSA) is 98.9 Å². The van der Waals surface area contributed by atoms with Gasteiger partial charge in [-0.05, 0) is 57.5 Å². The van der Waals surface area contributed by atoms with Crippen LogP contribution in [0.5, 0.6) is 0 Å². The van der Waals surface area contributed by atoms with E-state index in [0.29, 0.717) is 16.7 Å². The third kappa shape index (κ3) is 3.91. The van der Waals surface area contributed by atoms with Gasteiger partial charge in [-0.2, -0.15) is 0 Å². The van der Waals surface area contributed by atoms with E-state index in [1.54, 1.807) is 33.2 Å². The van der Waals surface area contributed by atoms with Gasteiger partial charge in [0.25, 0.3) is 0 Å². The highest BCUT2D eigenvalue weighted by Crippen LogP contribution is 2.53. The molecule has 3 N–H and O–H groups in total. The zero-order chi connectivity index (χ0) is 24.8. The Morgan fingerprint density at radius 2 is 2.06 bits per heavy atom. The summed E-state index contributed by atoms with van der Waals surface area (Å²) in [5.74, 6) is 2.74. The van der Waals surface area contributed by atoms with Crippen LogP contribution in [0.15, 0.2) is 41.8 Å². The number of nitrogens with zero attached hydrogens (tertiary/aromatic N) is 6. The first-order valence-electron chi connectivity index (χ1n) is 11.9. The number of anilines is 1. The van der Waals surface area contributed by atoms with Gasteiger partial charge < -0.3 is 20.2 Å².